The van der Waals surface area contributed by atoms with E-state index in [1.807, 2.05) is 0 Å². The minimum absolute atomic E-state index is 0.0560. The molecule has 2 saturated heterocycles. The number of nitrogens with zero attached hydrogens (tertiary/aromatic N) is 2. The topological polar surface area (TPSA) is 71.5 Å². The second-order valence-corrected chi connectivity index (χ2v) is 5.67. The summed E-state index contributed by atoms with van der Waals surface area (Å²) >= 11 is 0. The molecule has 1 aromatic rings. The fraction of sp³-hybridized carbons (Fsp3) is 0.533. The van der Waals surface area contributed by atoms with Gasteiger partial charge in [-0.3, -0.25) is 14.7 Å². The number of carbonyl (C=O) groups excluding carboxylic acids is 2. The van der Waals surface area contributed by atoms with Gasteiger partial charge in [-0.2, -0.15) is 0 Å². The van der Waals surface area contributed by atoms with E-state index in [-0.39, 0.29) is 18.0 Å². The minimum Gasteiger partial charge on any atom is -0.376 e. The predicted molar refractivity (Wildman–Crippen MR) is 75.4 cm³/mol. The summed E-state index contributed by atoms with van der Waals surface area (Å²) in [7, 11) is 0. The van der Waals surface area contributed by atoms with E-state index in [0.29, 0.717) is 18.8 Å². The van der Waals surface area contributed by atoms with Crippen molar-refractivity contribution in [1.82, 2.24) is 15.2 Å². The Kier molecular flexibility index (Phi) is 3.63. The van der Waals surface area contributed by atoms with Gasteiger partial charge in [-0.15, -0.1) is 0 Å². The van der Waals surface area contributed by atoms with Crippen LogP contribution in [0.3, 0.4) is 0 Å². The first-order chi connectivity index (χ1) is 10.1. The molecule has 2 fully saturated rings. The highest BCUT2D eigenvalue weighted by molar-refractivity contribution is 6.07. The summed E-state index contributed by atoms with van der Waals surface area (Å²) in [5.41, 5.74) is -0.539. The number of imide groups is 1. The van der Waals surface area contributed by atoms with Crippen LogP contribution in [0.2, 0.25) is 0 Å². The maximum Gasteiger partial charge on any atom is 0.325 e. The summed E-state index contributed by atoms with van der Waals surface area (Å²) in [5.74, 6) is -0.264. The Labute approximate surface area is 123 Å². The van der Waals surface area contributed by atoms with Gasteiger partial charge in [0.1, 0.15) is 0 Å². The monoisotopic (exact) mass is 289 g/mol. The SMILES string of the molecule is CC1(c2ccccn2)NC(=O)N(CC2CCCCO2)C1=O. The van der Waals surface area contributed by atoms with Crippen molar-refractivity contribution >= 4 is 11.9 Å². The smallest absolute Gasteiger partial charge is 0.325 e. The van der Waals surface area contributed by atoms with E-state index in [1.54, 1.807) is 31.3 Å². The summed E-state index contributed by atoms with van der Waals surface area (Å²) in [6, 6.07) is 4.96. The van der Waals surface area contributed by atoms with Gasteiger partial charge < -0.3 is 10.1 Å². The number of aromatic nitrogens is 1. The van der Waals surface area contributed by atoms with Crippen molar-refractivity contribution in [2.75, 3.05) is 13.2 Å². The molecule has 0 aliphatic carbocycles. The number of hydrogen-bond acceptors (Lipinski definition) is 4. The molecule has 2 unspecified atom stereocenters. The van der Waals surface area contributed by atoms with Crippen LogP contribution in [-0.4, -0.2) is 41.1 Å². The van der Waals surface area contributed by atoms with Crippen LogP contribution in [0.25, 0.3) is 0 Å². The second kappa shape index (κ2) is 5.44. The fourth-order valence-electron chi connectivity index (χ4n) is 2.85. The summed E-state index contributed by atoms with van der Waals surface area (Å²) < 4.78 is 5.62. The van der Waals surface area contributed by atoms with Crippen molar-refractivity contribution in [2.45, 2.75) is 37.8 Å². The van der Waals surface area contributed by atoms with Gasteiger partial charge in [0.15, 0.2) is 5.54 Å². The van der Waals surface area contributed by atoms with Crippen molar-refractivity contribution in [3.63, 3.8) is 0 Å². The molecule has 0 saturated carbocycles. The standard InChI is InChI=1S/C15H19N3O3/c1-15(12-7-2-4-8-16-12)13(19)18(14(20)17-15)10-11-6-3-5-9-21-11/h2,4,7-8,11H,3,5-6,9-10H2,1H3,(H,17,20). The number of nitrogens with one attached hydrogen (secondary N) is 1. The van der Waals surface area contributed by atoms with E-state index in [1.165, 1.54) is 4.90 Å². The Balaban J connectivity index is 1.78. The van der Waals surface area contributed by atoms with Crippen molar-refractivity contribution in [1.29, 1.82) is 0 Å². The molecular weight excluding hydrogens is 270 g/mol. The van der Waals surface area contributed by atoms with Crippen LogP contribution in [0.15, 0.2) is 24.4 Å². The Morgan fingerprint density at radius 1 is 1.43 bits per heavy atom. The summed E-state index contributed by atoms with van der Waals surface area (Å²) in [6.07, 6.45) is 4.57. The van der Waals surface area contributed by atoms with Crippen molar-refractivity contribution < 1.29 is 14.3 Å². The molecule has 2 aliphatic heterocycles. The third kappa shape index (κ3) is 2.51. The van der Waals surface area contributed by atoms with E-state index in [2.05, 4.69) is 10.3 Å². The zero-order chi connectivity index (χ0) is 14.9. The van der Waals surface area contributed by atoms with Gasteiger partial charge in [-0.25, -0.2) is 4.79 Å². The van der Waals surface area contributed by atoms with Gasteiger partial charge in [0.25, 0.3) is 5.91 Å². The van der Waals surface area contributed by atoms with Gasteiger partial charge in [0.05, 0.1) is 18.3 Å². The number of amides is 3. The Bertz CT molecular complexity index is 542. The Morgan fingerprint density at radius 2 is 2.29 bits per heavy atom. The van der Waals surface area contributed by atoms with Crippen LogP contribution in [0.5, 0.6) is 0 Å². The van der Waals surface area contributed by atoms with Gasteiger partial charge in [0, 0.05) is 12.8 Å². The van der Waals surface area contributed by atoms with Gasteiger partial charge in [-0.05, 0) is 38.3 Å². The van der Waals surface area contributed by atoms with Crippen LogP contribution in [0.4, 0.5) is 4.79 Å². The first-order valence-electron chi connectivity index (χ1n) is 7.28. The van der Waals surface area contributed by atoms with Gasteiger partial charge in [0.2, 0.25) is 0 Å². The second-order valence-electron chi connectivity index (χ2n) is 5.67. The average molecular weight is 289 g/mol. The van der Waals surface area contributed by atoms with Gasteiger partial charge in [-0.1, -0.05) is 6.07 Å². The molecule has 2 aliphatic rings. The van der Waals surface area contributed by atoms with Gasteiger partial charge >= 0.3 is 6.03 Å². The first kappa shape index (κ1) is 14.0. The van der Waals surface area contributed by atoms with Crippen LogP contribution < -0.4 is 5.32 Å². The highest BCUT2D eigenvalue weighted by Gasteiger charge is 2.50. The third-order valence-electron chi connectivity index (χ3n) is 4.11. The van der Waals surface area contributed by atoms with Crippen molar-refractivity contribution in [3.8, 4) is 0 Å². The number of pyridine rings is 1. The molecule has 0 aromatic carbocycles. The zero-order valence-corrected chi connectivity index (χ0v) is 12.0. The molecule has 112 valence electrons. The van der Waals surface area contributed by atoms with Crippen LogP contribution in [-0.2, 0) is 15.1 Å². The average Bonchev–Trinajstić information content (AvgIpc) is 2.74. The number of carbonyl (C=O) groups is 2. The largest absolute Gasteiger partial charge is 0.376 e. The van der Waals surface area contributed by atoms with E-state index in [0.717, 1.165) is 19.3 Å². The maximum atomic E-state index is 12.7. The molecule has 3 heterocycles. The summed E-state index contributed by atoms with van der Waals surface area (Å²) in [4.78, 5) is 30.3. The number of ether oxygens (including phenoxy) is 1. The van der Waals surface area contributed by atoms with Crippen molar-refractivity contribution in [2.24, 2.45) is 0 Å². The lowest BCUT2D eigenvalue weighted by molar-refractivity contribution is -0.133. The molecule has 6 heteroatoms. The van der Waals surface area contributed by atoms with Crippen LogP contribution in [0.1, 0.15) is 31.9 Å². The number of urea groups is 1. The lowest BCUT2D eigenvalue weighted by Crippen LogP contribution is -2.43. The maximum absolute atomic E-state index is 12.7. The molecule has 0 spiro atoms. The third-order valence-corrected chi connectivity index (χ3v) is 4.11. The molecule has 2 atom stereocenters. The summed E-state index contributed by atoms with van der Waals surface area (Å²) in [6.45, 7) is 2.70. The van der Waals surface area contributed by atoms with Crippen LogP contribution in [0, 0.1) is 0 Å². The highest BCUT2D eigenvalue weighted by Crippen LogP contribution is 2.28. The zero-order valence-electron chi connectivity index (χ0n) is 12.0. The normalized spacial score (nSPS) is 29.6. The lowest BCUT2D eigenvalue weighted by atomic mass is 9.97. The van der Waals surface area contributed by atoms with Crippen molar-refractivity contribution in [3.05, 3.63) is 30.1 Å². The molecule has 6 nitrogen and oxygen atoms in total. The number of rotatable bonds is 3. The molecule has 3 rings (SSSR count). The predicted octanol–water partition coefficient (Wildman–Crippen LogP) is 1.42. The molecule has 1 aromatic heterocycles. The number of hydrogen-bond donors (Lipinski definition) is 1. The van der Waals surface area contributed by atoms with Crippen LogP contribution >= 0.6 is 0 Å². The quantitative estimate of drug-likeness (QED) is 0.854. The van der Waals surface area contributed by atoms with E-state index in [4.69, 9.17) is 4.74 Å². The lowest BCUT2D eigenvalue weighted by Gasteiger charge is -2.26. The molecule has 1 N–H and O–H groups in total. The molecule has 0 radical (unpaired) electrons. The Hall–Kier alpha value is -1.95. The highest BCUT2D eigenvalue weighted by atomic mass is 16.5. The Morgan fingerprint density at radius 3 is 2.95 bits per heavy atom. The van der Waals surface area contributed by atoms with E-state index >= 15 is 0 Å². The molecule has 3 amide bonds. The fourth-order valence-corrected chi connectivity index (χ4v) is 2.85. The molecular formula is C15H19N3O3. The molecule has 21 heavy (non-hydrogen) atoms. The van der Waals surface area contributed by atoms with E-state index < -0.39 is 5.54 Å². The summed E-state index contributed by atoms with van der Waals surface area (Å²) in [5, 5.41) is 2.76. The molecule has 0 bridgehead atoms. The minimum atomic E-state index is -1.09. The first-order valence-corrected chi connectivity index (χ1v) is 7.28. The van der Waals surface area contributed by atoms with E-state index in [9.17, 15) is 9.59 Å².